The van der Waals surface area contributed by atoms with Crippen LogP contribution in [0.4, 0.5) is 24.7 Å². The summed E-state index contributed by atoms with van der Waals surface area (Å²) in [7, 11) is 0. The van der Waals surface area contributed by atoms with E-state index in [2.05, 4.69) is 15.6 Å². The molecule has 3 aromatic rings. The number of hydrogen-bond acceptors (Lipinski definition) is 3. The molecule has 0 radical (unpaired) electrons. The molecule has 0 spiro atoms. The summed E-state index contributed by atoms with van der Waals surface area (Å²) in [6, 6.07) is 12.3. The predicted molar refractivity (Wildman–Crippen MR) is 96.3 cm³/mol. The largest absolute Gasteiger partial charge is 0.352 e. The molecule has 2 N–H and O–H groups in total. The molecule has 0 saturated carbocycles. The van der Waals surface area contributed by atoms with Crippen molar-refractivity contribution >= 4 is 17.4 Å². The van der Waals surface area contributed by atoms with E-state index in [0.29, 0.717) is 24.3 Å². The lowest BCUT2D eigenvalue weighted by molar-refractivity contribution is 0.0954. The van der Waals surface area contributed by atoms with Crippen LogP contribution in [-0.4, -0.2) is 17.4 Å². The average Bonchev–Trinajstić information content (AvgIpc) is 2.66. The Morgan fingerprint density at radius 3 is 2.33 bits per heavy atom. The number of rotatable bonds is 6. The first-order valence-corrected chi connectivity index (χ1v) is 8.22. The van der Waals surface area contributed by atoms with E-state index >= 15 is 0 Å². The second kappa shape index (κ2) is 8.35. The summed E-state index contributed by atoms with van der Waals surface area (Å²) in [6.45, 7) is 0.394. The molecule has 3 rings (SSSR count). The van der Waals surface area contributed by atoms with E-state index < -0.39 is 11.6 Å². The summed E-state index contributed by atoms with van der Waals surface area (Å²) in [4.78, 5) is 16.2. The molecular weight excluding hydrogens is 355 g/mol. The van der Waals surface area contributed by atoms with E-state index in [-0.39, 0.29) is 17.4 Å². The van der Waals surface area contributed by atoms with Gasteiger partial charge in [-0.25, -0.2) is 18.2 Å². The van der Waals surface area contributed by atoms with Gasteiger partial charge in [0.25, 0.3) is 5.91 Å². The molecule has 7 heteroatoms. The molecule has 27 heavy (non-hydrogen) atoms. The predicted octanol–water partition coefficient (Wildman–Crippen LogP) is 4.22. The average molecular weight is 371 g/mol. The zero-order valence-corrected chi connectivity index (χ0v) is 14.2. The van der Waals surface area contributed by atoms with E-state index in [4.69, 9.17) is 0 Å². The highest BCUT2D eigenvalue weighted by Gasteiger charge is 2.08. The normalized spacial score (nSPS) is 10.5. The molecule has 2 aromatic carbocycles. The number of nitrogens with one attached hydrogen (secondary N) is 2. The molecule has 0 unspecified atom stereocenters. The Hall–Kier alpha value is -3.35. The molecule has 0 saturated heterocycles. The lowest BCUT2D eigenvalue weighted by atomic mass is 10.1. The van der Waals surface area contributed by atoms with Gasteiger partial charge in [-0.05, 0) is 48.4 Å². The van der Waals surface area contributed by atoms with Crippen molar-refractivity contribution in [3.63, 3.8) is 0 Å². The van der Waals surface area contributed by atoms with Crippen molar-refractivity contribution in [2.45, 2.75) is 6.42 Å². The van der Waals surface area contributed by atoms with Gasteiger partial charge >= 0.3 is 0 Å². The zero-order valence-electron chi connectivity index (χ0n) is 14.2. The van der Waals surface area contributed by atoms with Crippen LogP contribution in [0.5, 0.6) is 0 Å². The summed E-state index contributed by atoms with van der Waals surface area (Å²) in [5, 5.41) is 5.47. The third-order valence-corrected chi connectivity index (χ3v) is 3.83. The van der Waals surface area contributed by atoms with E-state index in [0.717, 1.165) is 17.7 Å². The van der Waals surface area contributed by atoms with Gasteiger partial charge in [0.15, 0.2) is 0 Å². The Kier molecular flexibility index (Phi) is 5.71. The van der Waals surface area contributed by atoms with E-state index in [1.54, 1.807) is 18.2 Å². The second-order valence-electron chi connectivity index (χ2n) is 5.81. The van der Waals surface area contributed by atoms with Gasteiger partial charge in [-0.3, -0.25) is 4.79 Å². The number of hydrogen-bond donors (Lipinski definition) is 2. The van der Waals surface area contributed by atoms with Crippen molar-refractivity contribution in [2.75, 3.05) is 11.9 Å². The smallest absolute Gasteiger partial charge is 0.252 e. The van der Waals surface area contributed by atoms with Gasteiger partial charge in [0.1, 0.15) is 23.3 Å². The van der Waals surface area contributed by atoms with Gasteiger partial charge in [-0.1, -0.05) is 12.1 Å². The van der Waals surface area contributed by atoms with Crippen molar-refractivity contribution < 1.29 is 18.0 Å². The topological polar surface area (TPSA) is 54.0 Å². The van der Waals surface area contributed by atoms with Crippen LogP contribution in [0.15, 0.2) is 60.8 Å². The van der Waals surface area contributed by atoms with E-state index in [1.165, 1.54) is 30.5 Å². The summed E-state index contributed by atoms with van der Waals surface area (Å²) in [6.07, 6.45) is 1.93. The van der Waals surface area contributed by atoms with Crippen LogP contribution in [0.2, 0.25) is 0 Å². The van der Waals surface area contributed by atoms with Gasteiger partial charge in [0.2, 0.25) is 0 Å². The minimum absolute atomic E-state index is 0.0837. The molecule has 4 nitrogen and oxygen atoms in total. The molecule has 1 amide bonds. The molecule has 0 atom stereocenters. The molecule has 0 aliphatic carbocycles. The first-order valence-electron chi connectivity index (χ1n) is 8.22. The number of carbonyl (C=O) groups excluding carboxylic acids is 1. The molecule has 0 fully saturated rings. The van der Waals surface area contributed by atoms with E-state index in [9.17, 15) is 18.0 Å². The van der Waals surface area contributed by atoms with Crippen LogP contribution >= 0.6 is 0 Å². The minimum Gasteiger partial charge on any atom is -0.352 e. The Morgan fingerprint density at radius 1 is 0.926 bits per heavy atom. The Balaban J connectivity index is 1.54. The lowest BCUT2D eigenvalue weighted by Gasteiger charge is -2.08. The molecular formula is C20H16F3N3O. The summed E-state index contributed by atoms with van der Waals surface area (Å²) in [5.41, 5.74) is 1.34. The third kappa shape index (κ3) is 5.07. The molecule has 1 aromatic heterocycles. The quantitative estimate of drug-likeness (QED) is 0.682. The van der Waals surface area contributed by atoms with Crippen molar-refractivity contribution in [3.8, 4) is 0 Å². The van der Waals surface area contributed by atoms with Gasteiger partial charge in [0.05, 0.1) is 11.3 Å². The number of nitrogens with zero attached hydrogens (tertiary/aromatic N) is 1. The number of pyridine rings is 1. The SMILES string of the molecule is O=C(NCCc1ccc(F)cc1)c1ccc(Nc2ccc(F)cc2F)nc1. The van der Waals surface area contributed by atoms with Gasteiger partial charge < -0.3 is 10.6 Å². The van der Waals surface area contributed by atoms with Crippen molar-refractivity contribution in [2.24, 2.45) is 0 Å². The summed E-state index contributed by atoms with van der Waals surface area (Å²) in [5.74, 6) is -1.69. The highest BCUT2D eigenvalue weighted by atomic mass is 19.1. The van der Waals surface area contributed by atoms with Crippen LogP contribution in [0.1, 0.15) is 15.9 Å². The van der Waals surface area contributed by atoms with Gasteiger partial charge in [-0.2, -0.15) is 0 Å². The summed E-state index contributed by atoms with van der Waals surface area (Å²) >= 11 is 0. The number of amides is 1. The van der Waals surface area contributed by atoms with Gasteiger partial charge in [-0.15, -0.1) is 0 Å². The Bertz CT molecular complexity index is 928. The lowest BCUT2D eigenvalue weighted by Crippen LogP contribution is -2.25. The molecule has 0 bridgehead atoms. The van der Waals surface area contributed by atoms with Gasteiger partial charge in [0, 0.05) is 18.8 Å². The third-order valence-electron chi connectivity index (χ3n) is 3.83. The molecule has 0 aliphatic rings. The number of anilines is 2. The molecule has 1 heterocycles. The number of benzene rings is 2. The maximum Gasteiger partial charge on any atom is 0.252 e. The molecule has 0 aliphatic heterocycles. The Morgan fingerprint density at radius 2 is 1.67 bits per heavy atom. The maximum atomic E-state index is 13.6. The monoisotopic (exact) mass is 371 g/mol. The first kappa shape index (κ1) is 18.4. The number of aromatic nitrogens is 1. The minimum atomic E-state index is -0.737. The standard InChI is InChI=1S/C20H16F3N3O/c21-15-4-1-13(2-5-15)9-10-24-20(27)14-3-8-19(25-12-14)26-18-7-6-16(22)11-17(18)23/h1-8,11-12H,9-10H2,(H,24,27)(H,25,26). The Labute approximate surface area is 154 Å². The van der Waals surface area contributed by atoms with Crippen molar-refractivity contribution in [1.29, 1.82) is 0 Å². The maximum absolute atomic E-state index is 13.6. The fourth-order valence-corrected chi connectivity index (χ4v) is 2.40. The van der Waals surface area contributed by atoms with Crippen LogP contribution < -0.4 is 10.6 Å². The fourth-order valence-electron chi connectivity index (χ4n) is 2.40. The molecule has 138 valence electrons. The zero-order chi connectivity index (χ0) is 19.2. The fraction of sp³-hybridized carbons (Fsp3) is 0.100. The highest BCUT2D eigenvalue weighted by Crippen LogP contribution is 2.19. The number of halogens is 3. The van der Waals surface area contributed by atoms with Crippen molar-refractivity contribution in [1.82, 2.24) is 10.3 Å². The van der Waals surface area contributed by atoms with Crippen LogP contribution in [0.3, 0.4) is 0 Å². The second-order valence-corrected chi connectivity index (χ2v) is 5.81. The summed E-state index contributed by atoms with van der Waals surface area (Å²) < 4.78 is 39.4. The van der Waals surface area contributed by atoms with E-state index in [1.807, 2.05) is 0 Å². The van der Waals surface area contributed by atoms with Crippen molar-refractivity contribution in [3.05, 3.63) is 89.4 Å². The van der Waals surface area contributed by atoms with Crippen LogP contribution in [-0.2, 0) is 6.42 Å². The first-order chi connectivity index (χ1) is 13.0. The number of carbonyl (C=O) groups is 1. The highest BCUT2D eigenvalue weighted by molar-refractivity contribution is 5.94. The van der Waals surface area contributed by atoms with Crippen LogP contribution in [0.25, 0.3) is 0 Å². The van der Waals surface area contributed by atoms with Crippen LogP contribution in [0, 0.1) is 17.5 Å².